The molecule has 0 spiro atoms. The molecule has 2 saturated heterocycles. The predicted molar refractivity (Wildman–Crippen MR) is 128 cm³/mol. The zero-order valence-corrected chi connectivity index (χ0v) is 20.4. The molecule has 1 aromatic carbocycles. The number of fused-ring (bicyclic) bond motifs is 1. The van der Waals surface area contributed by atoms with Gasteiger partial charge in [0.05, 0.1) is 25.3 Å². The number of thiazole rings is 1. The van der Waals surface area contributed by atoms with Crippen molar-refractivity contribution < 1.29 is 23.5 Å². The van der Waals surface area contributed by atoms with Crippen LogP contribution in [-0.2, 0) is 19.1 Å². The van der Waals surface area contributed by atoms with E-state index in [0.717, 1.165) is 0 Å². The molecule has 1 N–H and O–H groups in total. The van der Waals surface area contributed by atoms with Gasteiger partial charge in [-0.1, -0.05) is 17.7 Å². The second-order valence-electron chi connectivity index (χ2n) is 8.38. The maximum Gasteiger partial charge on any atom is 0.338 e. The molecule has 12 heteroatoms. The third-order valence-corrected chi connectivity index (χ3v) is 7.34. The molecule has 1 amide bonds. The number of carbonyl (C=O) groups is 2. The van der Waals surface area contributed by atoms with Crippen LogP contribution in [0.25, 0.3) is 0 Å². The third-order valence-electron chi connectivity index (χ3n) is 6.23. The number of hydrogen-bond donors (Lipinski definition) is 1. The molecule has 0 radical (unpaired) electrons. The van der Waals surface area contributed by atoms with Crippen LogP contribution in [-0.4, -0.2) is 85.0 Å². The van der Waals surface area contributed by atoms with Gasteiger partial charge >= 0.3 is 5.97 Å². The second-order valence-corrected chi connectivity index (χ2v) is 9.69. The number of aromatic nitrogens is 1. The van der Waals surface area contributed by atoms with Crippen molar-refractivity contribution >= 4 is 40.6 Å². The number of carbonyl (C=O) groups excluding carboxylic acids is 2. The molecule has 2 aromatic rings. The highest BCUT2D eigenvalue weighted by Gasteiger charge is 2.37. The highest BCUT2D eigenvalue weighted by molar-refractivity contribution is 7.11. The number of ether oxygens (including phenoxy) is 2. The van der Waals surface area contributed by atoms with E-state index < -0.39 is 17.8 Å². The number of halogens is 2. The van der Waals surface area contributed by atoms with Crippen molar-refractivity contribution in [3.63, 3.8) is 0 Å². The van der Waals surface area contributed by atoms with E-state index in [4.69, 9.17) is 26.1 Å². The molecule has 1 aromatic heterocycles. The minimum atomic E-state index is -0.813. The summed E-state index contributed by atoms with van der Waals surface area (Å²) in [6, 6.07) is 3.15. The largest absolute Gasteiger partial charge is 0.466 e. The maximum absolute atomic E-state index is 13.8. The van der Waals surface area contributed by atoms with E-state index in [-0.39, 0.29) is 23.6 Å². The zero-order valence-electron chi connectivity index (χ0n) is 18.9. The average molecular weight is 520 g/mol. The SMILES string of the molecule is COC(=O)C1=C(CN2CCN3C(=O)COCC3C2)NC(c2nccs2)=N[C@H]1c1ccc(F)cc1Cl. The first kappa shape index (κ1) is 23.9. The molecule has 184 valence electrons. The van der Waals surface area contributed by atoms with E-state index >= 15 is 0 Å². The summed E-state index contributed by atoms with van der Waals surface area (Å²) < 4.78 is 24.4. The van der Waals surface area contributed by atoms with Gasteiger partial charge in [-0.25, -0.2) is 14.2 Å². The summed E-state index contributed by atoms with van der Waals surface area (Å²) >= 11 is 7.80. The van der Waals surface area contributed by atoms with Crippen LogP contribution >= 0.6 is 22.9 Å². The number of esters is 1. The van der Waals surface area contributed by atoms with Gasteiger partial charge in [-0.2, -0.15) is 0 Å². The molecule has 5 rings (SSSR count). The van der Waals surface area contributed by atoms with Crippen molar-refractivity contribution in [2.45, 2.75) is 12.1 Å². The van der Waals surface area contributed by atoms with E-state index in [1.807, 2.05) is 10.3 Å². The van der Waals surface area contributed by atoms with E-state index in [9.17, 15) is 14.0 Å². The Bertz CT molecular complexity index is 1200. The minimum absolute atomic E-state index is 0.00429. The number of nitrogens with one attached hydrogen (secondary N) is 1. The Morgan fingerprint density at radius 2 is 2.26 bits per heavy atom. The van der Waals surface area contributed by atoms with E-state index in [0.29, 0.717) is 60.5 Å². The number of amidine groups is 1. The molecule has 1 unspecified atom stereocenters. The van der Waals surface area contributed by atoms with E-state index in [1.54, 1.807) is 6.20 Å². The minimum Gasteiger partial charge on any atom is -0.466 e. The number of morpholine rings is 1. The van der Waals surface area contributed by atoms with Gasteiger partial charge in [0.2, 0.25) is 5.91 Å². The first-order valence-corrected chi connectivity index (χ1v) is 12.3. The number of hydrogen-bond acceptors (Lipinski definition) is 9. The van der Waals surface area contributed by atoms with Crippen molar-refractivity contribution in [3.8, 4) is 0 Å². The topological polar surface area (TPSA) is 96.4 Å². The van der Waals surface area contributed by atoms with Crippen molar-refractivity contribution in [1.29, 1.82) is 0 Å². The van der Waals surface area contributed by atoms with Gasteiger partial charge in [-0.05, 0) is 12.1 Å². The van der Waals surface area contributed by atoms with E-state index in [1.165, 1.54) is 36.6 Å². The zero-order chi connectivity index (χ0) is 24.5. The highest BCUT2D eigenvalue weighted by atomic mass is 35.5. The number of amides is 1. The van der Waals surface area contributed by atoms with Crippen molar-refractivity contribution in [1.82, 2.24) is 20.1 Å². The van der Waals surface area contributed by atoms with Gasteiger partial charge in [-0.3, -0.25) is 14.7 Å². The number of nitrogens with zero attached hydrogens (tertiary/aromatic N) is 4. The lowest BCUT2D eigenvalue weighted by Crippen LogP contribution is -2.60. The molecule has 3 aliphatic rings. The fraction of sp³-hybridized carbons (Fsp3) is 0.391. The molecule has 3 aliphatic heterocycles. The second kappa shape index (κ2) is 10.0. The molecule has 2 atom stereocenters. The lowest BCUT2D eigenvalue weighted by molar-refractivity contribution is -0.152. The van der Waals surface area contributed by atoms with E-state index in [2.05, 4.69) is 15.2 Å². The molecular weight excluding hydrogens is 497 g/mol. The maximum atomic E-state index is 13.8. The lowest BCUT2D eigenvalue weighted by atomic mass is 9.95. The number of benzene rings is 1. The van der Waals surface area contributed by atoms with Crippen molar-refractivity contribution in [2.24, 2.45) is 4.99 Å². The Morgan fingerprint density at radius 3 is 3.00 bits per heavy atom. The predicted octanol–water partition coefficient (Wildman–Crippen LogP) is 2.00. The fourth-order valence-electron chi connectivity index (χ4n) is 4.59. The lowest BCUT2D eigenvalue weighted by Gasteiger charge is -2.44. The number of piperazine rings is 1. The quantitative estimate of drug-likeness (QED) is 0.603. The molecule has 0 saturated carbocycles. The summed E-state index contributed by atoms with van der Waals surface area (Å²) in [6.45, 7) is 2.77. The number of rotatable bonds is 5. The summed E-state index contributed by atoms with van der Waals surface area (Å²) in [5, 5.41) is 5.92. The average Bonchev–Trinajstić information content (AvgIpc) is 3.38. The molecule has 0 bridgehead atoms. The van der Waals surface area contributed by atoms with Gasteiger partial charge in [0.1, 0.15) is 18.5 Å². The number of aliphatic imine (C=N–C) groups is 1. The van der Waals surface area contributed by atoms with Gasteiger partial charge in [-0.15, -0.1) is 11.3 Å². The molecule has 0 aliphatic carbocycles. The molecule has 2 fully saturated rings. The van der Waals surface area contributed by atoms with Crippen LogP contribution in [0.5, 0.6) is 0 Å². The first-order valence-electron chi connectivity index (χ1n) is 11.0. The van der Waals surface area contributed by atoms with Crippen LogP contribution in [0.1, 0.15) is 16.6 Å². The van der Waals surface area contributed by atoms with Crippen LogP contribution in [0.15, 0.2) is 46.0 Å². The van der Waals surface area contributed by atoms with Crippen LogP contribution in [0.2, 0.25) is 5.02 Å². The summed E-state index contributed by atoms with van der Waals surface area (Å²) in [7, 11) is 1.31. The summed E-state index contributed by atoms with van der Waals surface area (Å²) in [6.07, 6.45) is 1.67. The Kier molecular flexibility index (Phi) is 6.83. The van der Waals surface area contributed by atoms with Crippen LogP contribution in [0, 0.1) is 5.82 Å². The molecule has 4 heterocycles. The van der Waals surface area contributed by atoms with Crippen LogP contribution in [0.3, 0.4) is 0 Å². The normalized spacial score (nSPS) is 23.0. The monoisotopic (exact) mass is 519 g/mol. The smallest absolute Gasteiger partial charge is 0.338 e. The molecule has 9 nitrogen and oxygen atoms in total. The Balaban J connectivity index is 1.52. The first-order chi connectivity index (χ1) is 16.9. The Morgan fingerprint density at radius 1 is 1.40 bits per heavy atom. The third kappa shape index (κ3) is 4.81. The highest BCUT2D eigenvalue weighted by Crippen LogP contribution is 2.37. The Hall–Kier alpha value is -2.86. The summed E-state index contributed by atoms with van der Waals surface area (Å²) in [4.78, 5) is 38.3. The summed E-state index contributed by atoms with van der Waals surface area (Å²) in [5.41, 5.74) is 1.37. The van der Waals surface area contributed by atoms with Crippen molar-refractivity contribution in [2.75, 3.05) is 46.5 Å². The van der Waals surface area contributed by atoms with Crippen LogP contribution in [0.4, 0.5) is 4.39 Å². The van der Waals surface area contributed by atoms with Gasteiger partial charge < -0.3 is 19.7 Å². The van der Waals surface area contributed by atoms with Gasteiger partial charge in [0, 0.05) is 54.0 Å². The standard InChI is InChI=1S/C23H23ClFN5O4S/c1-33-23(32)19-17(10-29-5-6-30-14(9-29)11-34-12-18(30)31)27-21(22-26-4-7-35-22)28-20(19)15-3-2-13(25)8-16(15)24/h2-4,7-8,14,20H,5-6,9-12H2,1H3,(H,27,28)/t14?,20-/m0/s1. The van der Waals surface area contributed by atoms with Crippen LogP contribution < -0.4 is 5.32 Å². The number of methoxy groups -OCH3 is 1. The van der Waals surface area contributed by atoms with Gasteiger partial charge in [0.15, 0.2) is 10.8 Å². The Labute approximate surface area is 210 Å². The van der Waals surface area contributed by atoms with Crippen molar-refractivity contribution in [3.05, 3.63) is 62.5 Å². The summed E-state index contributed by atoms with van der Waals surface area (Å²) in [5.74, 6) is -0.560. The fourth-order valence-corrected chi connectivity index (χ4v) is 5.45. The van der Waals surface area contributed by atoms with Gasteiger partial charge in [0.25, 0.3) is 0 Å². The molecule has 35 heavy (non-hydrogen) atoms. The molecular formula is C23H23ClFN5O4S.